The summed E-state index contributed by atoms with van der Waals surface area (Å²) in [6.45, 7) is 4.57. The van der Waals surface area contributed by atoms with E-state index in [1.165, 1.54) is 0 Å². The van der Waals surface area contributed by atoms with Crippen LogP contribution in [0.3, 0.4) is 0 Å². The number of hydrogen-bond donors (Lipinski definition) is 1. The Hall–Kier alpha value is -0.780. The second-order valence-electron chi connectivity index (χ2n) is 5.06. The molecule has 0 amide bonds. The van der Waals surface area contributed by atoms with Crippen molar-refractivity contribution in [1.29, 1.82) is 0 Å². The number of rotatable bonds is 1. The first-order valence-electron chi connectivity index (χ1n) is 5.66. The molecule has 0 radical (unpaired) electrons. The molecule has 5 nitrogen and oxygen atoms in total. The third-order valence-electron chi connectivity index (χ3n) is 3.40. The van der Waals surface area contributed by atoms with Gasteiger partial charge >= 0.3 is 0 Å². The fourth-order valence-electron chi connectivity index (χ4n) is 2.93. The van der Waals surface area contributed by atoms with Gasteiger partial charge in [-0.1, -0.05) is 0 Å². The lowest BCUT2D eigenvalue weighted by Gasteiger charge is -2.43. The zero-order valence-electron chi connectivity index (χ0n) is 9.81. The van der Waals surface area contributed by atoms with Crippen LogP contribution in [0.4, 0.5) is 0 Å². The van der Waals surface area contributed by atoms with Crippen molar-refractivity contribution in [3.8, 4) is 0 Å². The first-order valence-corrected chi connectivity index (χ1v) is 7.48. The standard InChI is InChI=1S/C10H19N3O2S/c1-8(2)13-9(11)12-6-10(13)4-3-5-16(14,15)7-10/h8H,3-7H2,1-2H3,(H2,11,12). The SMILES string of the molecule is CC(C)N1C(N)=NCC12CCCS(=O)(=O)C2. The van der Waals surface area contributed by atoms with Gasteiger partial charge < -0.3 is 10.6 Å². The minimum absolute atomic E-state index is 0.194. The second kappa shape index (κ2) is 3.61. The Kier molecular flexibility index (Phi) is 2.64. The van der Waals surface area contributed by atoms with Crippen LogP contribution in [-0.4, -0.2) is 48.9 Å². The van der Waals surface area contributed by atoms with Gasteiger partial charge in [0.25, 0.3) is 0 Å². The number of nitrogens with zero attached hydrogens (tertiary/aromatic N) is 2. The summed E-state index contributed by atoms with van der Waals surface area (Å²) in [7, 11) is -2.93. The van der Waals surface area contributed by atoms with E-state index in [2.05, 4.69) is 4.99 Å². The maximum atomic E-state index is 11.8. The van der Waals surface area contributed by atoms with Crippen molar-refractivity contribution in [3.05, 3.63) is 0 Å². The highest BCUT2D eigenvalue weighted by Crippen LogP contribution is 2.34. The van der Waals surface area contributed by atoms with Crippen molar-refractivity contribution in [2.45, 2.75) is 38.3 Å². The molecular formula is C10H19N3O2S. The molecule has 92 valence electrons. The van der Waals surface area contributed by atoms with Crippen LogP contribution in [0.1, 0.15) is 26.7 Å². The Morgan fingerprint density at radius 2 is 2.19 bits per heavy atom. The predicted octanol–water partition coefficient (Wildman–Crippen LogP) is -0.0275. The highest BCUT2D eigenvalue weighted by molar-refractivity contribution is 7.91. The van der Waals surface area contributed by atoms with Gasteiger partial charge in [0.05, 0.1) is 23.6 Å². The van der Waals surface area contributed by atoms with Crippen LogP contribution >= 0.6 is 0 Å². The predicted molar refractivity (Wildman–Crippen MR) is 64.1 cm³/mol. The molecule has 1 spiro atoms. The van der Waals surface area contributed by atoms with Gasteiger partial charge in [-0.25, -0.2) is 8.42 Å². The number of guanidine groups is 1. The Balaban J connectivity index is 2.32. The summed E-state index contributed by atoms with van der Waals surface area (Å²) in [4.78, 5) is 6.23. The molecule has 2 N–H and O–H groups in total. The minimum Gasteiger partial charge on any atom is -0.370 e. The van der Waals surface area contributed by atoms with Gasteiger partial charge in [0.2, 0.25) is 0 Å². The summed E-state index contributed by atoms with van der Waals surface area (Å²) >= 11 is 0. The van der Waals surface area contributed by atoms with Crippen LogP contribution in [0, 0.1) is 0 Å². The van der Waals surface area contributed by atoms with Crippen LogP contribution in [0.25, 0.3) is 0 Å². The number of hydrogen-bond acceptors (Lipinski definition) is 5. The van der Waals surface area contributed by atoms with E-state index in [9.17, 15) is 8.42 Å². The van der Waals surface area contributed by atoms with Crippen LogP contribution in [0.5, 0.6) is 0 Å². The molecular weight excluding hydrogens is 226 g/mol. The van der Waals surface area contributed by atoms with E-state index in [1.807, 2.05) is 18.7 Å². The van der Waals surface area contributed by atoms with Crippen molar-refractivity contribution >= 4 is 15.8 Å². The summed E-state index contributed by atoms with van der Waals surface area (Å²) in [5, 5.41) is 0. The fraction of sp³-hybridized carbons (Fsp3) is 0.900. The smallest absolute Gasteiger partial charge is 0.192 e. The lowest BCUT2D eigenvalue weighted by atomic mass is 9.93. The van der Waals surface area contributed by atoms with Gasteiger partial charge in [-0.05, 0) is 26.7 Å². The lowest BCUT2D eigenvalue weighted by Crippen LogP contribution is -2.60. The zero-order valence-corrected chi connectivity index (χ0v) is 10.6. The van der Waals surface area contributed by atoms with Gasteiger partial charge in [-0.15, -0.1) is 0 Å². The zero-order chi connectivity index (χ0) is 12.0. The van der Waals surface area contributed by atoms with E-state index < -0.39 is 9.84 Å². The van der Waals surface area contributed by atoms with Gasteiger partial charge in [-0.3, -0.25) is 4.99 Å². The van der Waals surface area contributed by atoms with E-state index in [0.29, 0.717) is 24.7 Å². The molecule has 2 aliphatic rings. The number of sulfone groups is 1. The molecule has 1 unspecified atom stereocenters. The summed E-state index contributed by atoms with van der Waals surface area (Å²) in [5.74, 6) is 0.996. The first-order chi connectivity index (χ1) is 7.36. The van der Waals surface area contributed by atoms with E-state index >= 15 is 0 Å². The quantitative estimate of drug-likeness (QED) is 0.704. The van der Waals surface area contributed by atoms with Gasteiger partial charge in [0, 0.05) is 6.04 Å². The highest BCUT2D eigenvalue weighted by atomic mass is 32.2. The number of aliphatic imine (C=N–C) groups is 1. The average Bonchev–Trinajstić information content (AvgIpc) is 2.41. The maximum Gasteiger partial charge on any atom is 0.192 e. The maximum absolute atomic E-state index is 11.8. The molecule has 0 bridgehead atoms. The topological polar surface area (TPSA) is 75.8 Å². The lowest BCUT2D eigenvalue weighted by molar-refractivity contribution is 0.169. The van der Waals surface area contributed by atoms with Crippen molar-refractivity contribution in [1.82, 2.24) is 4.90 Å². The van der Waals surface area contributed by atoms with Crippen molar-refractivity contribution in [2.75, 3.05) is 18.1 Å². The molecule has 0 saturated carbocycles. The Bertz CT molecular complexity index is 416. The van der Waals surface area contributed by atoms with Crippen molar-refractivity contribution < 1.29 is 8.42 Å². The molecule has 0 aromatic heterocycles. The molecule has 6 heteroatoms. The second-order valence-corrected chi connectivity index (χ2v) is 7.24. The van der Waals surface area contributed by atoms with Crippen molar-refractivity contribution in [3.63, 3.8) is 0 Å². The van der Waals surface area contributed by atoms with Crippen molar-refractivity contribution in [2.24, 2.45) is 10.7 Å². The third kappa shape index (κ3) is 1.79. The Labute approximate surface area is 96.6 Å². The molecule has 1 fully saturated rings. The van der Waals surface area contributed by atoms with Crippen LogP contribution in [-0.2, 0) is 9.84 Å². The third-order valence-corrected chi connectivity index (χ3v) is 5.28. The molecule has 16 heavy (non-hydrogen) atoms. The first kappa shape index (κ1) is 11.7. The Morgan fingerprint density at radius 1 is 1.50 bits per heavy atom. The molecule has 2 heterocycles. The highest BCUT2D eigenvalue weighted by Gasteiger charge is 2.48. The number of nitrogens with two attached hydrogens (primary N) is 1. The molecule has 0 aliphatic carbocycles. The summed E-state index contributed by atoms with van der Waals surface area (Å²) in [6, 6.07) is 0.194. The van der Waals surface area contributed by atoms with E-state index in [4.69, 9.17) is 5.73 Å². The fourth-order valence-corrected chi connectivity index (χ4v) is 4.85. The minimum atomic E-state index is -2.93. The van der Waals surface area contributed by atoms with Crippen LogP contribution in [0.15, 0.2) is 4.99 Å². The largest absolute Gasteiger partial charge is 0.370 e. The average molecular weight is 245 g/mol. The molecule has 2 aliphatic heterocycles. The van der Waals surface area contributed by atoms with Crippen LogP contribution in [0.2, 0.25) is 0 Å². The summed E-state index contributed by atoms with van der Waals surface area (Å²) in [6.07, 6.45) is 1.59. The van der Waals surface area contributed by atoms with E-state index in [1.54, 1.807) is 0 Å². The molecule has 2 rings (SSSR count). The molecule has 0 aromatic rings. The molecule has 0 aromatic carbocycles. The summed E-state index contributed by atoms with van der Waals surface area (Å²) in [5.41, 5.74) is 5.49. The van der Waals surface area contributed by atoms with E-state index in [-0.39, 0.29) is 17.3 Å². The monoisotopic (exact) mass is 245 g/mol. The summed E-state index contributed by atoms with van der Waals surface area (Å²) < 4.78 is 23.5. The van der Waals surface area contributed by atoms with Crippen LogP contribution < -0.4 is 5.73 Å². The van der Waals surface area contributed by atoms with Gasteiger partial charge in [0.15, 0.2) is 15.8 Å². The molecule has 1 atom stereocenters. The van der Waals surface area contributed by atoms with Gasteiger partial charge in [0.1, 0.15) is 0 Å². The normalized spacial score (nSPS) is 33.4. The van der Waals surface area contributed by atoms with Gasteiger partial charge in [-0.2, -0.15) is 0 Å². The Morgan fingerprint density at radius 3 is 2.75 bits per heavy atom. The van der Waals surface area contributed by atoms with E-state index in [0.717, 1.165) is 6.42 Å². The molecule has 1 saturated heterocycles.